The van der Waals surface area contributed by atoms with Crippen LogP contribution in [0.2, 0.25) is 0 Å². The second-order valence-corrected chi connectivity index (χ2v) is 3.37. The number of rotatable bonds is 0. The predicted octanol–water partition coefficient (Wildman–Crippen LogP) is 2.12. The van der Waals surface area contributed by atoms with Crippen LogP contribution in [0, 0.1) is 0 Å². The highest BCUT2D eigenvalue weighted by atomic mass is 15.4. The van der Waals surface area contributed by atoms with Gasteiger partial charge in [-0.2, -0.15) is 0 Å². The first-order valence-electron chi connectivity index (χ1n) is 4.53. The summed E-state index contributed by atoms with van der Waals surface area (Å²) in [6.45, 7) is 0. The molecule has 0 aliphatic heterocycles. The molecule has 3 aromatic rings. The van der Waals surface area contributed by atoms with Crippen molar-refractivity contribution < 1.29 is 0 Å². The summed E-state index contributed by atoms with van der Waals surface area (Å²) in [6.07, 6.45) is 0. The van der Waals surface area contributed by atoms with Crippen molar-refractivity contribution in [3.8, 4) is 0 Å². The molecule has 0 atom stereocenters. The smallest absolute Gasteiger partial charge is 0.120 e. The van der Waals surface area contributed by atoms with Crippen LogP contribution in [-0.2, 0) is 7.05 Å². The Kier molecular flexibility index (Phi) is 1.36. The molecule has 0 aliphatic rings. The first-order valence-corrected chi connectivity index (χ1v) is 4.53. The third-order valence-corrected chi connectivity index (χ3v) is 2.51. The predicted molar refractivity (Wildman–Crippen MR) is 56.0 cm³/mol. The number of benzene rings is 2. The zero-order valence-corrected chi connectivity index (χ0v) is 7.81. The lowest BCUT2D eigenvalue weighted by molar-refractivity contribution is 0.736. The molecule has 3 rings (SSSR count). The zero-order valence-electron chi connectivity index (χ0n) is 7.81. The van der Waals surface area contributed by atoms with Gasteiger partial charge >= 0.3 is 0 Å². The molecule has 14 heavy (non-hydrogen) atoms. The molecule has 0 aliphatic carbocycles. The van der Waals surface area contributed by atoms with E-state index in [0.29, 0.717) is 0 Å². The Bertz CT molecular complexity index is 610. The molecule has 3 nitrogen and oxygen atoms in total. The highest BCUT2D eigenvalue weighted by Crippen LogP contribution is 2.22. The molecule has 1 heterocycles. The van der Waals surface area contributed by atoms with Gasteiger partial charge in [0.25, 0.3) is 0 Å². The van der Waals surface area contributed by atoms with E-state index in [1.165, 1.54) is 5.39 Å². The van der Waals surface area contributed by atoms with Crippen molar-refractivity contribution in [1.82, 2.24) is 15.0 Å². The third kappa shape index (κ3) is 0.865. The minimum atomic E-state index is 0.977. The molecule has 0 radical (unpaired) electrons. The number of nitrogens with zero attached hydrogens (tertiary/aromatic N) is 3. The fourth-order valence-electron chi connectivity index (χ4n) is 1.77. The van der Waals surface area contributed by atoms with Crippen LogP contribution in [0.25, 0.3) is 21.8 Å². The van der Waals surface area contributed by atoms with Gasteiger partial charge in [0.15, 0.2) is 0 Å². The molecule has 3 heteroatoms. The fourth-order valence-corrected chi connectivity index (χ4v) is 1.77. The molecule has 0 saturated carbocycles. The van der Waals surface area contributed by atoms with Crippen LogP contribution in [0.15, 0.2) is 36.4 Å². The highest BCUT2D eigenvalue weighted by Gasteiger charge is 2.04. The van der Waals surface area contributed by atoms with Crippen LogP contribution < -0.4 is 0 Å². The van der Waals surface area contributed by atoms with E-state index in [1.54, 1.807) is 4.68 Å². The van der Waals surface area contributed by atoms with Gasteiger partial charge in [0, 0.05) is 12.4 Å². The molecule has 0 bridgehead atoms. The summed E-state index contributed by atoms with van der Waals surface area (Å²) in [7, 11) is 1.91. The summed E-state index contributed by atoms with van der Waals surface area (Å²) in [6, 6.07) is 12.4. The monoisotopic (exact) mass is 183 g/mol. The van der Waals surface area contributed by atoms with Crippen molar-refractivity contribution in [2.45, 2.75) is 0 Å². The lowest BCUT2D eigenvalue weighted by Crippen LogP contribution is -1.88. The molecule has 0 amide bonds. The van der Waals surface area contributed by atoms with Crippen LogP contribution in [-0.4, -0.2) is 15.0 Å². The fraction of sp³-hybridized carbons (Fsp3) is 0.0909. The molecule has 0 saturated heterocycles. The van der Waals surface area contributed by atoms with Gasteiger partial charge in [-0.1, -0.05) is 35.5 Å². The Morgan fingerprint density at radius 1 is 1.07 bits per heavy atom. The standard InChI is InChI=1S/C11H9N3/c1-14-10-7-6-8-4-2-3-5-9(8)11(10)12-13-14/h2-7H,1H3. The van der Waals surface area contributed by atoms with Crippen molar-refractivity contribution in [3.05, 3.63) is 36.4 Å². The van der Waals surface area contributed by atoms with Crippen LogP contribution in [0.3, 0.4) is 0 Å². The molecule has 1 aromatic heterocycles. The topological polar surface area (TPSA) is 30.7 Å². The van der Waals surface area contributed by atoms with Gasteiger partial charge in [-0.15, -0.1) is 5.10 Å². The summed E-state index contributed by atoms with van der Waals surface area (Å²) in [4.78, 5) is 0. The molecule has 0 unspecified atom stereocenters. The second-order valence-electron chi connectivity index (χ2n) is 3.37. The van der Waals surface area contributed by atoms with Crippen molar-refractivity contribution in [2.24, 2.45) is 7.05 Å². The first kappa shape index (κ1) is 7.50. The largest absolute Gasteiger partial charge is 0.248 e. The average Bonchev–Trinajstić information content (AvgIpc) is 2.61. The average molecular weight is 183 g/mol. The minimum Gasteiger partial charge on any atom is -0.248 e. The lowest BCUT2D eigenvalue weighted by Gasteiger charge is -1.97. The minimum absolute atomic E-state index is 0.977. The maximum absolute atomic E-state index is 4.16. The van der Waals surface area contributed by atoms with Gasteiger partial charge in [-0.3, -0.25) is 0 Å². The van der Waals surface area contributed by atoms with Crippen LogP contribution in [0.5, 0.6) is 0 Å². The van der Waals surface area contributed by atoms with Gasteiger partial charge in [-0.25, -0.2) is 4.68 Å². The molecule has 2 aromatic carbocycles. The van der Waals surface area contributed by atoms with E-state index in [-0.39, 0.29) is 0 Å². The van der Waals surface area contributed by atoms with Gasteiger partial charge in [-0.05, 0) is 11.5 Å². The summed E-state index contributed by atoms with van der Waals surface area (Å²) < 4.78 is 1.79. The summed E-state index contributed by atoms with van der Waals surface area (Å²) in [5, 5.41) is 10.5. The highest BCUT2D eigenvalue weighted by molar-refractivity contribution is 6.03. The number of aromatic nitrogens is 3. The quantitative estimate of drug-likeness (QED) is 0.534. The molecule has 0 spiro atoms. The summed E-state index contributed by atoms with van der Waals surface area (Å²) >= 11 is 0. The van der Waals surface area contributed by atoms with Gasteiger partial charge in [0.2, 0.25) is 0 Å². The van der Waals surface area contributed by atoms with Crippen LogP contribution in [0.1, 0.15) is 0 Å². The second kappa shape index (κ2) is 2.54. The Balaban J connectivity index is 2.61. The zero-order chi connectivity index (χ0) is 9.54. The molecular formula is C11H9N3. The van der Waals surface area contributed by atoms with Gasteiger partial charge in [0.1, 0.15) is 5.52 Å². The van der Waals surface area contributed by atoms with E-state index in [4.69, 9.17) is 0 Å². The van der Waals surface area contributed by atoms with E-state index in [9.17, 15) is 0 Å². The molecular weight excluding hydrogens is 174 g/mol. The normalized spacial score (nSPS) is 11.2. The molecule has 0 N–H and O–H groups in total. The van der Waals surface area contributed by atoms with Crippen molar-refractivity contribution in [2.75, 3.05) is 0 Å². The summed E-state index contributed by atoms with van der Waals surface area (Å²) in [5.74, 6) is 0. The van der Waals surface area contributed by atoms with Crippen molar-refractivity contribution in [3.63, 3.8) is 0 Å². The molecule has 0 fully saturated rings. The maximum Gasteiger partial charge on any atom is 0.120 e. The number of aryl methyl sites for hydroxylation is 1. The van der Waals surface area contributed by atoms with E-state index < -0.39 is 0 Å². The van der Waals surface area contributed by atoms with E-state index >= 15 is 0 Å². The van der Waals surface area contributed by atoms with Gasteiger partial charge < -0.3 is 0 Å². The van der Waals surface area contributed by atoms with E-state index in [1.807, 2.05) is 19.2 Å². The number of fused-ring (bicyclic) bond motifs is 3. The van der Waals surface area contributed by atoms with Crippen LogP contribution in [0.4, 0.5) is 0 Å². The number of hydrogen-bond acceptors (Lipinski definition) is 2. The van der Waals surface area contributed by atoms with Crippen molar-refractivity contribution in [1.29, 1.82) is 0 Å². The van der Waals surface area contributed by atoms with Crippen molar-refractivity contribution >= 4 is 21.8 Å². The SMILES string of the molecule is Cn1nnc2c3ccccc3ccc21. The van der Waals surface area contributed by atoms with Crippen LogP contribution >= 0.6 is 0 Å². The van der Waals surface area contributed by atoms with Gasteiger partial charge in [0.05, 0.1) is 5.52 Å². The van der Waals surface area contributed by atoms with E-state index in [0.717, 1.165) is 16.4 Å². The Morgan fingerprint density at radius 3 is 2.86 bits per heavy atom. The Labute approximate surface area is 81.0 Å². The summed E-state index contributed by atoms with van der Waals surface area (Å²) in [5.41, 5.74) is 2.05. The Hall–Kier alpha value is -1.90. The third-order valence-electron chi connectivity index (χ3n) is 2.51. The number of hydrogen-bond donors (Lipinski definition) is 0. The van der Waals surface area contributed by atoms with E-state index in [2.05, 4.69) is 34.6 Å². The molecule has 68 valence electrons. The first-order chi connectivity index (χ1) is 6.86. The lowest BCUT2D eigenvalue weighted by atomic mass is 10.1. The maximum atomic E-state index is 4.16. The Morgan fingerprint density at radius 2 is 1.93 bits per heavy atom.